The maximum atomic E-state index is 13.6. The van der Waals surface area contributed by atoms with Gasteiger partial charge in [-0.25, -0.2) is 4.39 Å². The molecule has 1 fully saturated rings. The zero-order valence-electron chi connectivity index (χ0n) is 9.99. The number of nitrogens with zero attached hydrogens (tertiary/aromatic N) is 2. The first kappa shape index (κ1) is 14.3. The Morgan fingerprint density at radius 2 is 1.80 bits per heavy atom. The lowest BCUT2D eigenvalue weighted by molar-refractivity contribution is -0.387. The van der Waals surface area contributed by atoms with Gasteiger partial charge in [0, 0.05) is 13.1 Å². The largest absolute Gasteiger partial charge is 0.388 e. The summed E-state index contributed by atoms with van der Waals surface area (Å²) in [6.07, 6.45) is -2.32. The van der Waals surface area contributed by atoms with Crippen molar-refractivity contribution in [3.05, 3.63) is 39.4 Å². The molecule has 0 bridgehead atoms. The molecule has 1 amide bonds. The van der Waals surface area contributed by atoms with Crippen LogP contribution in [-0.2, 0) is 0 Å². The molecule has 1 saturated heterocycles. The van der Waals surface area contributed by atoms with Crippen LogP contribution >= 0.6 is 0 Å². The number of halogens is 2. The lowest BCUT2D eigenvalue weighted by atomic mass is 10.1. The average molecular weight is 288 g/mol. The molecule has 0 saturated carbocycles. The second kappa shape index (κ2) is 5.10. The third kappa shape index (κ3) is 2.45. The first-order valence-corrected chi connectivity index (χ1v) is 5.60. The van der Waals surface area contributed by atoms with Gasteiger partial charge in [0.15, 0.2) is 0 Å². The standard InChI is InChI=1S/C11H10F2N2O5/c12-6-2-8(15(19)20)7(13)1-5(6)11(18)14-3-9(16)10(17)4-14/h1-2,9-10,16-17H,3-4H2. The van der Waals surface area contributed by atoms with Crippen LogP contribution in [0, 0.1) is 21.7 Å². The minimum Gasteiger partial charge on any atom is -0.388 e. The van der Waals surface area contributed by atoms with Crippen LogP contribution in [0.15, 0.2) is 12.1 Å². The molecular formula is C11H10F2N2O5. The Labute approximate surface area is 111 Å². The third-order valence-electron chi connectivity index (χ3n) is 3.01. The van der Waals surface area contributed by atoms with E-state index in [0.29, 0.717) is 12.1 Å². The Kier molecular flexibility index (Phi) is 3.64. The van der Waals surface area contributed by atoms with Crippen molar-refractivity contribution in [2.45, 2.75) is 12.2 Å². The Bertz CT molecular complexity index is 570. The van der Waals surface area contributed by atoms with E-state index in [1.165, 1.54) is 0 Å². The molecule has 7 nitrogen and oxygen atoms in total. The van der Waals surface area contributed by atoms with Crippen LogP contribution in [-0.4, -0.2) is 51.2 Å². The molecule has 2 unspecified atom stereocenters. The van der Waals surface area contributed by atoms with Crippen LogP contribution in [0.4, 0.5) is 14.5 Å². The smallest absolute Gasteiger partial charge is 0.307 e. The van der Waals surface area contributed by atoms with Crippen molar-refractivity contribution in [1.82, 2.24) is 4.90 Å². The molecular weight excluding hydrogens is 278 g/mol. The lowest BCUT2D eigenvalue weighted by Gasteiger charge is -2.15. The lowest BCUT2D eigenvalue weighted by Crippen LogP contribution is -2.30. The monoisotopic (exact) mass is 288 g/mol. The summed E-state index contributed by atoms with van der Waals surface area (Å²) < 4.78 is 27.0. The molecule has 1 aromatic rings. The molecule has 0 aromatic heterocycles. The summed E-state index contributed by atoms with van der Waals surface area (Å²) >= 11 is 0. The van der Waals surface area contributed by atoms with Crippen molar-refractivity contribution >= 4 is 11.6 Å². The molecule has 1 aliphatic rings. The summed E-state index contributed by atoms with van der Waals surface area (Å²) in [6, 6.07) is 0.762. The maximum absolute atomic E-state index is 13.6. The fourth-order valence-electron chi connectivity index (χ4n) is 1.95. The Balaban J connectivity index is 2.32. The normalized spacial score (nSPS) is 22.1. The number of carbonyl (C=O) groups excluding carboxylic acids is 1. The van der Waals surface area contributed by atoms with Gasteiger partial charge in [-0.2, -0.15) is 4.39 Å². The number of likely N-dealkylation sites (tertiary alicyclic amines) is 1. The van der Waals surface area contributed by atoms with Gasteiger partial charge in [0.1, 0.15) is 5.82 Å². The predicted octanol–water partition coefficient (Wildman–Crippen LogP) is 0.0506. The van der Waals surface area contributed by atoms with E-state index in [1.807, 2.05) is 0 Å². The van der Waals surface area contributed by atoms with Gasteiger partial charge >= 0.3 is 5.69 Å². The van der Waals surface area contributed by atoms with Crippen molar-refractivity contribution in [2.24, 2.45) is 0 Å². The summed E-state index contributed by atoms with van der Waals surface area (Å²) in [7, 11) is 0. The summed E-state index contributed by atoms with van der Waals surface area (Å²) in [5, 5.41) is 29.0. The summed E-state index contributed by atoms with van der Waals surface area (Å²) in [6.45, 7) is -0.448. The van der Waals surface area contributed by atoms with Gasteiger partial charge in [-0.15, -0.1) is 0 Å². The van der Waals surface area contributed by atoms with E-state index in [1.54, 1.807) is 0 Å². The molecule has 20 heavy (non-hydrogen) atoms. The predicted molar refractivity (Wildman–Crippen MR) is 60.9 cm³/mol. The minimum absolute atomic E-state index is 0.224. The van der Waals surface area contributed by atoms with Gasteiger partial charge < -0.3 is 15.1 Å². The quantitative estimate of drug-likeness (QED) is 0.591. The zero-order chi connectivity index (χ0) is 15.0. The molecule has 108 valence electrons. The number of benzene rings is 1. The maximum Gasteiger partial charge on any atom is 0.307 e. The van der Waals surface area contributed by atoms with Crippen molar-refractivity contribution in [3.8, 4) is 0 Å². The minimum atomic E-state index is -1.33. The number of rotatable bonds is 2. The number of β-amino-alcohol motifs (C(OH)–C–C–N with tert-alkyl or cyclic N) is 2. The highest BCUT2D eigenvalue weighted by atomic mass is 19.1. The van der Waals surface area contributed by atoms with Crippen LogP contribution in [0.3, 0.4) is 0 Å². The fourth-order valence-corrected chi connectivity index (χ4v) is 1.95. The second-order valence-electron chi connectivity index (χ2n) is 4.39. The van der Waals surface area contributed by atoms with E-state index in [0.717, 1.165) is 4.90 Å². The molecule has 1 aliphatic heterocycles. The van der Waals surface area contributed by atoms with Crippen molar-refractivity contribution in [1.29, 1.82) is 0 Å². The number of hydrogen-bond acceptors (Lipinski definition) is 5. The van der Waals surface area contributed by atoms with Crippen molar-refractivity contribution in [3.63, 3.8) is 0 Å². The first-order chi connectivity index (χ1) is 9.31. The van der Waals surface area contributed by atoms with Gasteiger partial charge in [-0.05, 0) is 6.07 Å². The number of carbonyl (C=O) groups is 1. The van der Waals surface area contributed by atoms with Crippen molar-refractivity contribution in [2.75, 3.05) is 13.1 Å². The molecule has 0 aliphatic carbocycles. The van der Waals surface area contributed by atoms with Gasteiger partial charge in [-0.1, -0.05) is 0 Å². The third-order valence-corrected chi connectivity index (χ3v) is 3.01. The molecule has 2 rings (SSSR count). The number of aliphatic hydroxyl groups is 2. The van der Waals surface area contributed by atoms with E-state index < -0.39 is 45.9 Å². The van der Waals surface area contributed by atoms with Crippen LogP contribution in [0.5, 0.6) is 0 Å². The summed E-state index contributed by atoms with van der Waals surface area (Å²) in [5.74, 6) is -3.52. The number of nitro benzene ring substituents is 1. The Morgan fingerprint density at radius 3 is 2.30 bits per heavy atom. The first-order valence-electron chi connectivity index (χ1n) is 5.60. The molecule has 9 heteroatoms. The topological polar surface area (TPSA) is 104 Å². The summed E-state index contributed by atoms with van der Waals surface area (Å²) in [5.41, 5.74) is -1.75. The van der Waals surface area contributed by atoms with Crippen LogP contribution in [0.1, 0.15) is 10.4 Å². The summed E-state index contributed by atoms with van der Waals surface area (Å²) in [4.78, 5) is 22.2. The van der Waals surface area contributed by atoms with E-state index in [-0.39, 0.29) is 13.1 Å². The number of aliphatic hydroxyl groups excluding tert-OH is 2. The van der Waals surface area contributed by atoms with E-state index in [9.17, 15) is 33.9 Å². The molecule has 1 aromatic carbocycles. The zero-order valence-corrected chi connectivity index (χ0v) is 9.99. The molecule has 2 N–H and O–H groups in total. The SMILES string of the molecule is O=C(c1cc(F)c([N+](=O)[O-])cc1F)N1CC(O)C(O)C1. The fraction of sp³-hybridized carbons (Fsp3) is 0.364. The van der Waals surface area contributed by atoms with E-state index >= 15 is 0 Å². The molecule has 0 spiro atoms. The average Bonchev–Trinajstić information content (AvgIpc) is 2.71. The van der Waals surface area contributed by atoms with Gasteiger partial charge in [0.05, 0.1) is 28.8 Å². The highest BCUT2D eigenvalue weighted by molar-refractivity contribution is 5.95. The van der Waals surface area contributed by atoms with Crippen LogP contribution in [0.25, 0.3) is 0 Å². The second-order valence-corrected chi connectivity index (χ2v) is 4.39. The molecule has 0 radical (unpaired) electrons. The Hall–Kier alpha value is -2.13. The van der Waals surface area contributed by atoms with E-state index in [4.69, 9.17) is 0 Å². The van der Waals surface area contributed by atoms with Gasteiger partial charge in [-0.3, -0.25) is 14.9 Å². The van der Waals surface area contributed by atoms with Crippen LogP contribution < -0.4 is 0 Å². The van der Waals surface area contributed by atoms with E-state index in [2.05, 4.69) is 0 Å². The highest BCUT2D eigenvalue weighted by Gasteiger charge is 2.34. The number of amides is 1. The van der Waals surface area contributed by atoms with Crippen LogP contribution in [0.2, 0.25) is 0 Å². The number of nitro groups is 1. The molecule has 1 heterocycles. The van der Waals surface area contributed by atoms with Crippen molar-refractivity contribution < 1.29 is 28.7 Å². The van der Waals surface area contributed by atoms with Gasteiger partial charge in [0.2, 0.25) is 5.82 Å². The van der Waals surface area contributed by atoms with Gasteiger partial charge in [0.25, 0.3) is 5.91 Å². The highest BCUT2D eigenvalue weighted by Crippen LogP contribution is 2.23. The number of hydrogen-bond donors (Lipinski definition) is 2. The molecule has 2 atom stereocenters. The Morgan fingerprint density at radius 1 is 1.25 bits per heavy atom.